The van der Waals surface area contributed by atoms with Crippen molar-refractivity contribution >= 4 is 11.9 Å². The van der Waals surface area contributed by atoms with Crippen LogP contribution in [-0.2, 0) is 13.0 Å². The smallest absolute Gasteiger partial charge is 0.272 e. The normalized spacial score (nSPS) is 17.5. The average molecular weight is 400 g/mol. The van der Waals surface area contributed by atoms with Crippen LogP contribution in [0.5, 0.6) is 0 Å². The zero-order valence-corrected chi connectivity index (χ0v) is 17.4. The minimum atomic E-state index is -0.187. The number of aromatic nitrogens is 2. The van der Waals surface area contributed by atoms with Crippen molar-refractivity contribution in [2.75, 3.05) is 25.9 Å². The molecule has 1 atom stereocenters. The van der Waals surface area contributed by atoms with Crippen molar-refractivity contribution in [3.63, 3.8) is 0 Å². The van der Waals surface area contributed by atoms with Gasteiger partial charge in [-0.1, -0.05) is 32.0 Å². The summed E-state index contributed by atoms with van der Waals surface area (Å²) in [4.78, 5) is 25.4. The van der Waals surface area contributed by atoms with Gasteiger partial charge in [0.15, 0.2) is 0 Å². The number of amides is 1. The number of carbonyl (C=O) groups is 1. The number of anilines is 1. The predicted octanol–water partition coefficient (Wildman–Crippen LogP) is 3.13. The van der Waals surface area contributed by atoms with Crippen LogP contribution in [0.1, 0.15) is 48.4 Å². The molecule has 2 aromatic rings. The lowest BCUT2D eigenvalue weighted by atomic mass is 10.0. The van der Waals surface area contributed by atoms with Crippen LogP contribution < -0.4 is 5.73 Å². The number of nitrogens with zero attached hydrogens (tertiary/aromatic N) is 4. The minimum Gasteiger partial charge on any atom is -0.368 e. The predicted molar refractivity (Wildman–Crippen MR) is 112 cm³/mol. The highest BCUT2D eigenvalue weighted by Gasteiger charge is 2.28. The number of nitrogens with two attached hydrogens (primary N) is 1. The number of likely N-dealkylation sites (N-methyl/N-ethyl adjacent to an activating group) is 1. The van der Waals surface area contributed by atoms with Gasteiger partial charge in [0.25, 0.3) is 5.91 Å². The van der Waals surface area contributed by atoms with Gasteiger partial charge in [0.05, 0.1) is 0 Å². The number of halogens is 1. The number of hydrogen-bond acceptors (Lipinski definition) is 5. The molecule has 29 heavy (non-hydrogen) atoms. The van der Waals surface area contributed by atoms with E-state index < -0.39 is 0 Å². The molecule has 3 rings (SSSR count). The minimum absolute atomic E-state index is 0.0489. The highest BCUT2D eigenvalue weighted by Crippen LogP contribution is 2.20. The van der Waals surface area contributed by atoms with Crippen LogP contribution in [0.25, 0.3) is 0 Å². The molecule has 2 heterocycles. The van der Waals surface area contributed by atoms with Crippen LogP contribution in [0.3, 0.4) is 0 Å². The summed E-state index contributed by atoms with van der Waals surface area (Å²) in [6.45, 7) is 6.34. The Labute approximate surface area is 171 Å². The van der Waals surface area contributed by atoms with Gasteiger partial charge in [-0.25, -0.2) is 14.4 Å². The van der Waals surface area contributed by atoms with E-state index in [2.05, 4.69) is 28.7 Å². The topological polar surface area (TPSA) is 75.4 Å². The molecule has 2 N–H and O–H groups in total. The first-order valence-electron chi connectivity index (χ1n) is 10.2. The average Bonchev–Trinajstić information content (AvgIpc) is 2.68. The number of carbonyl (C=O) groups excluding carboxylic acids is 1. The van der Waals surface area contributed by atoms with Crippen LogP contribution >= 0.6 is 0 Å². The van der Waals surface area contributed by atoms with Crippen molar-refractivity contribution in [2.24, 2.45) is 5.92 Å². The second-order valence-electron chi connectivity index (χ2n) is 8.24. The molecule has 0 aliphatic carbocycles. The van der Waals surface area contributed by atoms with Gasteiger partial charge in [0.2, 0.25) is 5.95 Å². The Morgan fingerprint density at radius 1 is 1.34 bits per heavy atom. The third-order valence-electron chi connectivity index (χ3n) is 5.33. The molecule has 0 spiro atoms. The van der Waals surface area contributed by atoms with Crippen molar-refractivity contribution in [1.82, 2.24) is 19.8 Å². The van der Waals surface area contributed by atoms with Crippen molar-refractivity contribution in [3.05, 3.63) is 53.1 Å². The Morgan fingerprint density at radius 3 is 2.83 bits per heavy atom. The molecule has 0 bridgehead atoms. The zero-order valence-electron chi connectivity index (χ0n) is 17.4. The van der Waals surface area contributed by atoms with Gasteiger partial charge in [-0.2, -0.15) is 0 Å². The first-order chi connectivity index (χ1) is 13.8. The third-order valence-corrected chi connectivity index (χ3v) is 5.33. The summed E-state index contributed by atoms with van der Waals surface area (Å²) in [5.41, 5.74) is 7.64. The second kappa shape index (κ2) is 9.31. The first-order valence-corrected chi connectivity index (χ1v) is 10.2. The fourth-order valence-corrected chi connectivity index (χ4v) is 3.86. The van der Waals surface area contributed by atoms with E-state index >= 15 is 0 Å². The molecular formula is C22H30FN5O. The lowest BCUT2D eigenvalue weighted by molar-refractivity contribution is 0.0602. The fraction of sp³-hybridized carbons (Fsp3) is 0.500. The number of benzene rings is 1. The van der Waals surface area contributed by atoms with Gasteiger partial charge in [-0.05, 0) is 43.9 Å². The Morgan fingerprint density at radius 2 is 2.10 bits per heavy atom. The summed E-state index contributed by atoms with van der Waals surface area (Å²) < 4.78 is 14.0. The van der Waals surface area contributed by atoms with Gasteiger partial charge in [-0.15, -0.1) is 0 Å². The largest absolute Gasteiger partial charge is 0.368 e. The maximum absolute atomic E-state index is 14.0. The Kier molecular flexibility index (Phi) is 6.79. The van der Waals surface area contributed by atoms with Gasteiger partial charge >= 0.3 is 0 Å². The lowest BCUT2D eigenvalue weighted by Crippen LogP contribution is -2.48. The van der Waals surface area contributed by atoms with Crippen LogP contribution in [0.4, 0.5) is 10.3 Å². The van der Waals surface area contributed by atoms with E-state index in [0.29, 0.717) is 30.3 Å². The lowest BCUT2D eigenvalue weighted by Gasteiger charge is -2.37. The molecule has 1 aromatic heterocycles. The van der Waals surface area contributed by atoms with Crippen LogP contribution in [0, 0.1) is 11.7 Å². The van der Waals surface area contributed by atoms with Gasteiger partial charge in [0.1, 0.15) is 11.5 Å². The maximum Gasteiger partial charge on any atom is 0.272 e. The summed E-state index contributed by atoms with van der Waals surface area (Å²) in [5.74, 6) is 0.204. The molecule has 1 amide bonds. The molecule has 1 fully saturated rings. The molecule has 1 aromatic carbocycles. The number of rotatable bonds is 6. The molecule has 1 unspecified atom stereocenters. The molecular weight excluding hydrogens is 369 g/mol. The van der Waals surface area contributed by atoms with Crippen LogP contribution in [0.2, 0.25) is 0 Å². The molecule has 1 saturated heterocycles. The van der Waals surface area contributed by atoms with Crippen LogP contribution in [-0.4, -0.2) is 51.9 Å². The third kappa shape index (κ3) is 5.50. The Bertz CT molecular complexity index is 857. The van der Waals surface area contributed by atoms with Crippen molar-refractivity contribution in [1.29, 1.82) is 0 Å². The van der Waals surface area contributed by atoms with Crippen molar-refractivity contribution in [3.8, 4) is 0 Å². The molecule has 1 aliphatic heterocycles. The standard InChI is InChI=1S/C22H30FN5O/c1-15(2)11-17-12-20(26-22(24)25-17)21(29)27(3)18-8-6-10-28(14-18)13-16-7-4-5-9-19(16)23/h4-5,7,9,12,15,18H,6,8,10-11,13-14H2,1-3H3,(H2,24,25,26). The zero-order chi connectivity index (χ0) is 21.0. The number of likely N-dealkylation sites (tertiary alicyclic amines) is 1. The quantitative estimate of drug-likeness (QED) is 0.808. The fourth-order valence-electron chi connectivity index (χ4n) is 3.86. The number of nitrogen functional groups attached to an aromatic ring is 1. The summed E-state index contributed by atoms with van der Waals surface area (Å²) in [5, 5.41) is 0. The van der Waals surface area contributed by atoms with E-state index in [1.165, 1.54) is 6.07 Å². The van der Waals surface area contributed by atoms with E-state index in [4.69, 9.17) is 5.73 Å². The van der Waals surface area contributed by atoms with Gasteiger partial charge < -0.3 is 10.6 Å². The summed E-state index contributed by atoms with van der Waals surface area (Å²) in [6, 6.07) is 8.64. The van der Waals surface area contributed by atoms with Crippen molar-refractivity contribution in [2.45, 2.75) is 45.7 Å². The SMILES string of the molecule is CC(C)Cc1cc(C(=O)N(C)C2CCCN(Cc3ccccc3F)C2)nc(N)n1. The number of hydrogen-bond donors (Lipinski definition) is 1. The molecule has 0 radical (unpaired) electrons. The molecule has 6 nitrogen and oxygen atoms in total. The number of piperidine rings is 1. The highest BCUT2D eigenvalue weighted by molar-refractivity contribution is 5.92. The van der Waals surface area contributed by atoms with E-state index in [-0.39, 0.29) is 23.7 Å². The summed E-state index contributed by atoms with van der Waals surface area (Å²) in [7, 11) is 1.81. The van der Waals surface area contributed by atoms with Crippen LogP contribution in [0.15, 0.2) is 30.3 Å². The summed E-state index contributed by atoms with van der Waals surface area (Å²) >= 11 is 0. The molecule has 1 aliphatic rings. The van der Waals surface area contributed by atoms with Crippen molar-refractivity contribution < 1.29 is 9.18 Å². The second-order valence-corrected chi connectivity index (χ2v) is 8.24. The van der Waals surface area contributed by atoms with Gasteiger partial charge in [-0.3, -0.25) is 9.69 Å². The molecule has 0 saturated carbocycles. The van der Waals surface area contributed by atoms with E-state index in [9.17, 15) is 9.18 Å². The Balaban J connectivity index is 1.69. The maximum atomic E-state index is 14.0. The molecule has 156 valence electrons. The van der Waals surface area contributed by atoms with E-state index in [0.717, 1.165) is 31.5 Å². The molecule has 7 heteroatoms. The van der Waals surface area contributed by atoms with E-state index in [1.807, 2.05) is 12.1 Å². The Hall–Kier alpha value is -2.54. The van der Waals surface area contributed by atoms with E-state index in [1.54, 1.807) is 24.1 Å². The summed E-state index contributed by atoms with van der Waals surface area (Å²) in [6.07, 6.45) is 2.62. The first kappa shape index (κ1) is 21.2. The highest BCUT2D eigenvalue weighted by atomic mass is 19.1. The monoisotopic (exact) mass is 399 g/mol. The van der Waals surface area contributed by atoms with Gasteiger partial charge in [0, 0.05) is 37.4 Å².